The van der Waals surface area contributed by atoms with E-state index in [9.17, 15) is 4.79 Å². The molecule has 0 radical (unpaired) electrons. The Morgan fingerprint density at radius 3 is 1.96 bits per heavy atom. The lowest BCUT2D eigenvalue weighted by Crippen LogP contribution is -2.24. The van der Waals surface area contributed by atoms with Gasteiger partial charge in [0.2, 0.25) is 0 Å². The van der Waals surface area contributed by atoms with E-state index in [1.807, 2.05) is 38.1 Å². The van der Waals surface area contributed by atoms with Gasteiger partial charge in [0.1, 0.15) is 11.5 Å². The molecular formula is C20H25NO3. The minimum Gasteiger partial charge on any atom is -0.494 e. The van der Waals surface area contributed by atoms with Crippen LogP contribution >= 0.6 is 0 Å². The lowest BCUT2D eigenvalue weighted by Gasteiger charge is -2.07. The Morgan fingerprint density at radius 2 is 1.42 bits per heavy atom. The fourth-order valence-electron chi connectivity index (χ4n) is 2.38. The van der Waals surface area contributed by atoms with Gasteiger partial charge in [-0.1, -0.05) is 12.1 Å². The van der Waals surface area contributed by atoms with Crippen molar-refractivity contribution in [2.45, 2.75) is 26.7 Å². The summed E-state index contributed by atoms with van der Waals surface area (Å²) < 4.78 is 10.8. The van der Waals surface area contributed by atoms with E-state index in [0.29, 0.717) is 25.3 Å². The van der Waals surface area contributed by atoms with Crippen LogP contribution in [0, 0.1) is 0 Å². The molecule has 0 aromatic heterocycles. The Bertz CT molecular complexity index is 620. The number of hydrogen-bond acceptors (Lipinski definition) is 3. The van der Waals surface area contributed by atoms with Crippen LogP contribution in [0.3, 0.4) is 0 Å². The largest absolute Gasteiger partial charge is 0.494 e. The Kier molecular flexibility index (Phi) is 7.15. The highest BCUT2D eigenvalue weighted by Gasteiger charge is 2.05. The third kappa shape index (κ3) is 5.61. The van der Waals surface area contributed by atoms with E-state index >= 15 is 0 Å². The Labute approximate surface area is 143 Å². The van der Waals surface area contributed by atoms with Gasteiger partial charge in [-0.05, 0) is 68.7 Å². The zero-order chi connectivity index (χ0) is 17.2. The minimum atomic E-state index is -0.0512. The summed E-state index contributed by atoms with van der Waals surface area (Å²) in [5.41, 5.74) is 1.90. The van der Waals surface area contributed by atoms with E-state index in [2.05, 4.69) is 17.4 Å². The quantitative estimate of drug-likeness (QED) is 0.712. The van der Waals surface area contributed by atoms with Gasteiger partial charge in [0.05, 0.1) is 13.2 Å². The van der Waals surface area contributed by atoms with Crippen molar-refractivity contribution in [1.29, 1.82) is 0 Å². The molecule has 0 aliphatic carbocycles. The van der Waals surface area contributed by atoms with Crippen LogP contribution < -0.4 is 14.8 Å². The van der Waals surface area contributed by atoms with Gasteiger partial charge in [-0.2, -0.15) is 0 Å². The third-order valence-electron chi connectivity index (χ3n) is 3.59. The van der Waals surface area contributed by atoms with Gasteiger partial charge in [0.25, 0.3) is 5.91 Å². The maximum atomic E-state index is 12.1. The molecular weight excluding hydrogens is 302 g/mol. The zero-order valence-electron chi connectivity index (χ0n) is 14.4. The summed E-state index contributed by atoms with van der Waals surface area (Å²) in [4.78, 5) is 12.1. The minimum absolute atomic E-state index is 0.0512. The third-order valence-corrected chi connectivity index (χ3v) is 3.59. The first-order valence-corrected chi connectivity index (χ1v) is 8.45. The Balaban J connectivity index is 1.72. The van der Waals surface area contributed by atoms with Crippen molar-refractivity contribution < 1.29 is 14.3 Å². The van der Waals surface area contributed by atoms with Crippen molar-refractivity contribution in [1.82, 2.24) is 5.32 Å². The molecule has 0 aliphatic heterocycles. The van der Waals surface area contributed by atoms with Crippen LogP contribution in [0.1, 0.15) is 36.2 Å². The number of aryl methyl sites for hydroxylation is 1. The molecule has 1 amide bonds. The maximum absolute atomic E-state index is 12.1. The first-order chi connectivity index (χ1) is 11.7. The van der Waals surface area contributed by atoms with Crippen molar-refractivity contribution in [2.75, 3.05) is 19.8 Å². The number of nitrogens with one attached hydrogen (secondary N) is 1. The fraction of sp³-hybridized carbons (Fsp3) is 0.350. The molecule has 0 bridgehead atoms. The standard InChI is InChI=1S/C20H25NO3/c1-3-23-18-11-7-16(8-12-18)6-5-15-21-20(22)17-9-13-19(14-10-17)24-4-2/h7-14H,3-6,15H2,1-2H3,(H,21,22). The smallest absolute Gasteiger partial charge is 0.251 e. The molecule has 0 aliphatic rings. The highest BCUT2D eigenvalue weighted by atomic mass is 16.5. The molecule has 1 N–H and O–H groups in total. The van der Waals surface area contributed by atoms with Crippen molar-refractivity contribution >= 4 is 5.91 Å². The van der Waals surface area contributed by atoms with E-state index in [1.54, 1.807) is 12.1 Å². The second kappa shape index (κ2) is 9.60. The van der Waals surface area contributed by atoms with Crippen LogP contribution in [-0.4, -0.2) is 25.7 Å². The maximum Gasteiger partial charge on any atom is 0.251 e. The molecule has 4 heteroatoms. The number of ether oxygens (including phenoxy) is 2. The molecule has 0 heterocycles. The molecule has 0 saturated heterocycles. The molecule has 2 rings (SSSR count). The molecule has 2 aromatic carbocycles. The van der Waals surface area contributed by atoms with E-state index in [-0.39, 0.29) is 5.91 Å². The van der Waals surface area contributed by atoms with Crippen LogP contribution in [-0.2, 0) is 6.42 Å². The Morgan fingerprint density at radius 1 is 0.875 bits per heavy atom. The molecule has 4 nitrogen and oxygen atoms in total. The van der Waals surface area contributed by atoms with Crippen molar-refractivity contribution in [3.8, 4) is 11.5 Å². The van der Waals surface area contributed by atoms with Crippen LogP contribution in [0.2, 0.25) is 0 Å². The number of benzene rings is 2. The van der Waals surface area contributed by atoms with Crippen LogP contribution in [0.15, 0.2) is 48.5 Å². The Hall–Kier alpha value is -2.49. The van der Waals surface area contributed by atoms with Gasteiger partial charge in [0.15, 0.2) is 0 Å². The monoisotopic (exact) mass is 327 g/mol. The summed E-state index contributed by atoms with van der Waals surface area (Å²) in [5, 5.41) is 2.95. The summed E-state index contributed by atoms with van der Waals surface area (Å²) in [5.74, 6) is 1.62. The normalized spacial score (nSPS) is 10.2. The van der Waals surface area contributed by atoms with Gasteiger partial charge in [-0.15, -0.1) is 0 Å². The van der Waals surface area contributed by atoms with E-state index in [1.165, 1.54) is 5.56 Å². The molecule has 0 unspecified atom stereocenters. The van der Waals surface area contributed by atoms with E-state index in [4.69, 9.17) is 9.47 Å². The highest BCUT2D eigenvalue weighted by Crippen LogP contribution is 2.14. The fourth-order valence-corrected chi connectivity index (χ4v) is 2.38. The van der Waals surface area contributed by atoms with Gasteiger partial charge in [-0.3, -0.25) is 4.79 Å². The van der Waals surface area contributed by atoms with Gasteiger partial charge in [0, 0.05) is 12.1 Å². The predicted molar refractivity (Wildman–Crippen MR) is 95.9 cm³/mol. The summed E-state index contributed by atoms with van der Waals surface area (Å²) in [7, 11) is 0. The van der Waals surface area contributed by atoms with E-state index < -0.39 is 0 Å². The average Bonchev–Trinajstić information content (AvgIpc) is 2.61. The van der Waals surface area contributed by atoms with Crippen LogP contribution in [0.25, 0.3) is 0 Å². The molecule has 24 heavy (non-hydrogen) atoms. The van der Waals surface area contributed by atoms with Gasteiger partial charge >= 0.3 is 0 Å². The van der Waals surface area contributed by atoms with E-state index in [0.717, 1.165) is 24.3 Å². The van der Waals surface area contributed by atoms with Crippen LogP contribution in [0.5, 0.6) is 11.5 Å². The highest BCUT2D eigenvalue weighted by molar-refractivity contribution is 5.94. The number of amides is 1. The molecule has 2 aromatic rings. The first kappa shape index (κ1) is 17.9. The number of carbonyl (C=O) groups is 1. The molecule has 0 spiro atoms. The molecule has 0 fully saturated rings. The van der Waals surface area contributed by atoms with Crippen LogP contribution in [0.4, 0.5) is 0 Å². The molecule has 128 valence electrons. The summed E-state index contributed by atoms with van der Waals surface area (Å²) in [6.07, 6.45) is 1.83. The first-order valence-electron chi connectivity index (χ1n) is 8.45. The predicted octanol–water partition coefficient (Wildman–Crippen LogP) is 3.85. The second-order valence-corrected chi connectivity index (χ2v) is 5.39. The topological polar surface area (TPSA) is 47.6 Å². The zero-order valence-corrected chi connectivity index (χ0v) is 14.4. The van der Waals surface area contributed by atoms with Gasteiger partial charge in [-0.25, -0.2) is 0 Å². The second-order valence-electron chi connectivity index (χ2n) is 5.39. The SMILES string of the molecule is CCOc1ccc(CCCNC(=O)c2ccc(OCC)cc2)cc1. The van der Waals surface area contributed by atoms with Gasteiger partial charge < -0.3 is 14.8 Å². The summed E-state index contributed by atoms with van der Waals surface area (Å²) in [6, 6.07) is 15.3. The van der Waals surface area contributed by atoms with Crippen molar-refractivity contribution in [3.05, 3.63) is 59.7 Å². The lowest BCUT2D eigenvalue weighted by atomic mass is 10.1. The molecule has 0 saturated carbocycles. The summed E-state index contributed by atoms with van der Waals surface area (Å²) >= 11 is 0. The number of hydrogen-bond donors (Lipinski definition) is 1. The number of carbonyl (C=O) groups excluding carboxylic acids is 1. The van der Waals surface area contributed by atoms with Crippen molar-refractivity contribution in [2.24, 2.45) is 0 Å². The molecule has 0 atom stereocenters. The van der Waals surface area contributed by atoms with Crippen molar-refractivity contribution in [3.63, 3.8) is 0 Å². The number of rotatable bonds is 9. The summed E-state index contributed by atoms with van der Waals surface area (Å²) in [6.45, 7) is 5.86. The lowest BCUT2D eigenvalue weighted by molar-refractivity contribution is 0.0953. The average molecular weight is 327 g/mol.